The lowest BCUT2D eigenvalue weighted by Crippen LogP contribution is -2.51. The van der Waals surface area contributed by atoms with Crippen LogP contribution >= 0.6 is 0 Å². The van der Waals surface area contributed by atoms with Crippen LogP contribution in [0.2, 0.25) is 0 Å². The summed E-state index contributed by atoms with van der Waals surface area (Å²) in [6.07, 6.45) is 12.5. The Morgan fingerprint density at radius 1 is 0.847 bits per heavy atom. The zero-order chi connectivity index (χ0) is 41.0. The number of aromatic nitrogens is 5. The van der Waals surface area contributed by atoms with Gasteiger partial charge in [0.05, 0.1) is 54.2 Å². The molecule has 3 aromatic heterocycles. The van der Waals surface area contributed by atoms with Gasteiger partial charge in [0.2, 0.25) is 11.8 Å². The van der Waals surface area contributed by atoms with Gasteiger partial charge in [-0.25, -0.2) is 14.8 Å². The quantitative estimate of drug-likeness (QED) is 0.135. The zero-order valence-electron chi connectivity index (χ0n) is 34.8. The molecule has 2 aromatic carbocycles. The van der Waals surface area contributed by atoms with Gasteiger partial charge in [0, 0.05) is 54.4 Å². The number of benzene rings is 2. The van der Waals surface area contributed by atoms with Crippen molar-refractivity contribution in [3.63, 3.8) is 0 Å². The van der Waals surface area contributed by atoms with Crippen LogP contribution < -0.4 is 10.1 Å². The minimum atomic E-state index is -0.687. The lowest BCUT2D eigenvalue weighted by Gasteiger charge is -2.44. The number of fused-ring (bicyclic) bond motifs is 6. The lowest BCUT2D eigenvalue weighted by molar-refractivity contribution is -0.135. The number of ether oxygens (including phenoxy) is 2. The van der Waals surface area contributed by atoms with Gasteiger partial charge < -0.3 is 39.1 Å². The van der Waals surface area contributed by atoms with Crippen molar-refractivity contribution in [3.8, 4) is 39.5 Å². The molecule has 13 heteroatoms. The second kappa shape index (κ2) is 15.5. The van der Waals surface area contributed by atoms with E-state index < -0.39 is 17.9 Å². The van der Waals surface area contributed by atoms with Crippen LogP contribution in [0.15, 0.2) is 54.9 Å². The van der Waals surface area contributed by atoms with Crippen molar-refractivity contribution >= 4 is 28.8 Å². The van der Waals surface area contributed by atoms with Gasteiger partial charge in [0.1, 0.15) is 23.4 Å². The molecule has 6 heterocycles. The third kappa shape index (κ3) is 7.05. The van der Waals surface area contributed by atoms with Crippen molar-refractivity contribution < 1.29 is 23.9 Å². The normalized spacial score (nSPS) is 20.3. The molecule has 0 bridgehead atoms. The molecule has 310 valence electrons. The Kier molecular flexibility index (Phi) is 10.2. The van der Waals surface area contributed by atoms with Crippen molar-refractivity contribution in [1.82, 2.24) is 39.6 Å². The van der Waals surface area contributed by atoms with E-state index in [4.69, 9.17) is 19.4 Å². The molecule has 3 N–H and O–H groups in total. The highest BCUT2D eigenvalue weighted by Gasteiger charge is 2.43. The zero-order valence-corrected chi connectivity index (χ0v) is 34.8. The Hall–Kier alpha value is -5.59. The number of hydrogen-bond acceptors (Lipinski definition) is 7. The van der Waals surface area contributed by atoms with Crippen molar-refractivity contribution in [3.05, 3.63) is 66.5 Å². The Bertz CT molecular complexity index is 2380. The van der Waals surface area contributed by atoms with Crippen LogP contribution in [0.3, 0.4) is 0 Å². The van der Waals surface area contributed by atoms with Crippen LogP contribution in [0, 0.1) is 11.8 Å². The summed E-state index contributed by atoms with van der Waals surface area (Å²) >= 11 is 0. The molecular weight excluding hydrogens is 745 g/mol. The molecule has 3 amide bonds. The number of likely N-dealkylation sites (tertiary alicyclic amines) is 2. The molecular formula is C46H56N8O5. The van der Waals surface area contributed by atoms with Crippen LogP contribution in [0.4, 0.5) is 4.79 Å². The van der Waals surface area contributed by atoms with E-state index in [0.29, 0.717) is 18.9 Å². The van der Waals surface area contributed by atoms with E-state index in [2.05, 4.69) is 76.2 Å². The first-order chi connectivity index (χ1) is 28.5. The number of carbonyl (C=O) groups is 3. The number of hydrogen-bond donors (Lipinski definition) is 3. The van der Waals surface area contributed by atoms with Gasteiger partial charge in [0.25, 0.3) is 0 Å². The van der Waals surface area contributed by atoms with Crippen LogP contribution in [-0.2, 0) is 20.1 Å². The minimum Gasteiger partial charge on any atom is -0.467 e. The highest BCUT2D eigenvalue weighted by atomic mass is 16.5. The van der Waals surface area contributed by atoms with Crippen LogP contribution in [0.5, 0.6) is 5.75 Å². The Morgan fingerprint density at radius 3 is 2.15 bits per heavy atom. The predicted octanol–water partition coefficient (Wildman–Crippen LogP) is 8.85. The fourth-order valence-electron chi connectivity index (χ4n) is 10.0. The molecule has 3 fully saturated rings. The summed E-state index contributed by atoms with van der Waals surface area (Å²) in [5, 5.41) is 3.85. The molecule has 9 rings (SSSR count). The van der Waals surface area contributed by atoms with Crippen LogP contribution in [0.25, 0.3) is 44.7 Å². The Morgan fingerprint density at radius 2 is 1.49 bits per heavy atom. The summed E-state index contributed by atoms with van der Waals surface area (Å²) < 4.78 is 14.4. The summed E-state index contributed by atoms with van der Waals surface area (Å²) in [5.74, 6) is 2.76. The summed E-state index contributed by atoms with van der Waals surface area (Å²) in [5.41, 5.74) is 6.68. The van der Waals surface area contributed by atoms with Crippen LogP contribution in [0.1, 0.15) is 116 Å². The van der Waals surface area contributed by atoms with E-state index in [1.165, 1.54) is 13.5 Å². The van der Waals surface area contributed by atoms with Gasteiger partial charge in [0.15, 0.2) is 5.72 Å². The highest BCUT2D eigenvalue weighted by molar-refractivity contribution is 5.93. The average molecular weight is 801 g/mol. The number of imidazole rings is 2. The molecule has 1 saturated carbocycles. The smallest absolute Gasteiger partial charge is 0.407 e. The second-order valence-electron chi connectivity index (χ2n) is 17.7. The first-order valence-corrected chi connectivity index (χ1v) is 21.6. The number of nitrogens with one attached hydrogen (secondary N) is 3. The van der Waals surface area contributed by atoms with E-state index in [9.17, 15) is 14.4 Å². The third-order valence-corrected chi connectivity index (χ3v) is 12.9. The number of carbonyl (C=O) groups excluding carboxylic acids is 3. The van der Waals surface area contributed by atoms with E-state index in [0.717, 1.165) is 120 Å². The third-order valence-electron chi connectivity index (χ3n) is 12.9. The maximum Gasteiger partial charge on any atom is 0.407 e. The first kappa shape index (κ1) is 38.9. The summed E-state index contributed by atoms with van der Waals surface area (Å²) in [6, 6.07) is 14.4. The van der Waals surface area contributed by atoms with E-state index >= 15 is 0 Å². The molecule has 3 aliphatic heterocycles. The highest BCUT2D eigenvalue weighted by Crippen LogP contribution is 2.51. The van der Waals surface area contributed by atoms with Gasteiger partial charge >= 0.3 is 6.09 Å². The van der Waals surface area contributed by atoms with Crippen molar-refractivity contribution in [2.45, 2.75) is 116 Å². The maximum absolute atomic E-state index is 13.7. The number of amides is 3. The molecule has 0 unspecified atom stereocenters. The molecule has 2 saturated heterocycles. The molecule has 13 nitrogen and oxygen atoms in total. The van der Waals surface area contributed by atoms with Gasteiger partial charge in [-0.15, -0.1) is 0 Å². The van der Waals surface area contributed by atoms with Crippen LogP contribution in [-0.4, -0.2) is 78.5 Å². The average Bonchev–Trinajstić information content (AvgIpc) is 4.08. The van der Waals surface area contributed by atoms with Gasteiger partial charge in [-0.3, -0.25) is 9.59 Å². The number of aromatic amines is 2. The summed E-state index contributed by atoms with van der Waals surface area (Å²) in [4.78, 5) is 59.5. The van der Waals surface area contributed by atoms with Crippen molar-refractivity contribution in [1.29, 1.82) is 0 Å². The van der Waals surface area contributed by atoms with Gasteiger partial charge in [-0.05, 0) is 80.7 Å². The van der Waals surface area contributed by atoms with E-state index in [1.54, 1.807) is 0 Å². The standard InChI is InChI=1S/C46H56N8O5/c1-27(2)21-40(55)52-19-9-11-36(52)42-47-26-34(50-42)30-13-15-32-38-23-31-22-29(14-16-35(31)54(38)46(59-39(32)24-30)17-7-6-8-18-46)33-25-48-43(49-33)37-12-10-20-53(37)44(56)41(28(3)4)51-45(57)58-5/h13-16,22-28,36-37,41H,6-12,17-21H2,1-5H3,(H,47,50)(H,48,49)(H,51,57)/t36-,37-,41-/m0/s1. The number of nitrogens with zero attached hydrogens (tertiary/aromatic N) is 5. The SMILES string of the molecule is COC(=O)N[C@H](C(=O)N1CCC[C@H]1c1ncc(-c2ccc3c(c2)cc2n3C3(CCCCC3)Oc3cc(-c4cnc([C@@H]5CCCN5C(=O)CC(C)C)[nH]4)ccc3-2)[nH]1)C(C)C. The topological polar surface area (TPSA) is 150 Å². The van der Waals surface area contributed by atoms with Crippen molar-refractivity contribution in [2.75, 3.05) is 20.2 Å². The molecule has 5 aromatic rings. The number of H-pyrrole nitrogens is 2. The first-order valence-electron chi connectivity index (χ1n) is 21.6. The fourth-order valence-corrected chi connectivity index (χ4v) is 10.0. The lowest BCUT2D eigenvalue weighted by atomic mass is 9.89. The maximum atomic E-state index is 13.7. The molecule has 1 aliphatic carbocycles. The molecule has 1 spiro atoms. The summed E-state index contributed by atoms with van der Waals surface area (Å²) in [7, 11) is 1.31. The fraction of sp³-hybridized carbons (Fsp3) is 0.500. The largest absolute Gasteiger partial charge is 0.467 e. The minimum absolute atomic E-state index is 0.0238. The number of alkyl carbamates (subject to hydrolysis) is 1. The van der Waals surface area contributed by atoms with Crippen molar-refractivity contribution in [2.24, 2.45) is 11.8 Å². The number of rotatable bonds is 9. The molecule has 4 aliphatic rings. The molecule has 3 atom stereocenters. The molecule has 0 radical (unpaired) electrons. The van der Waals surface area contributed by atoms with E-state index in [1.807, 2.05) is 36.0 Å². The predicted molar refractivity (Wildman–Crippen MR) is 225 cm³/mol. The number of methoxy groups -OCH3 is 1. The Balaban J connectivity index is 1.01. The van der Waals surface area contributed by atoms with Gasteiger partial charge in [-0.2, -0.15) is 0 Å². The molecule has 59 heavy (non-hydrogen) atoms. The van der Waals surface area contributed by atoms with E-state index in [-0.39, 0.29) is 29.8 Å². The summed E-state index contributed by atoms with van der Waals surface area (Å²) in [6.45, 7) is 9.40. The monoisotopic (exact) mass is 800 g/mol. The Labute approximate surface area is 345 Å². The van der Waals surface area contributed by atoms with Gasteiger partial charge in [-0.1, -0.05) is 46.2 Å². The second-order valence-corrected chi connectivity index (χ2v) is 17.7.